The first-order valence-electron chi connectivity index (χ1n) is 19.0. The van der Waals surface area contributed by atoms with Crippen molar-refractivity contribution in [1.82, 2.24) is 0 Å². The first-order chi connectivity index (χ1) is 23.1. The van der Waals surface area contributed by atoms with E-state index in [2.05, 4.69) is 168 Å². The van der Waals surface area contributed by atoms with Gasteiger partial charge in [-0.1, -0.05) is 47.8 Å². The summed E-state index contributed by atoms with van der Waals surface area (Å²) in [4.78, 5) is 0. The fourth-order valence-corrected chi connectivity index (χ4v) is 7.46. The van der Waals surface area contributed by atoms with Gasteiger partial charge in [-0.3, -0.25) is 0 Å². The number of hydrogen-bond donors (Lipinski definition) is 0. The van der Waals surface area contributed by atoms with Crippen LogP contribution in [-0.2, 0) is 19.4 Å². The summed E-state index contributed by atoms with van der Waals surface area (Å²) in [5.74, 6) is 5.44. The molecule has 0 fully saturated rings. The minimum atomic E-state index is 0.355. The Bertz CT molecular complexity index is 971. The van der Waals surface area contributed by atoms with Gasteiger partial charge in [-0.15, -0.1) is 0 Å². The molecular weight excluding hydrogens is 788 g/mol. The molecule has 0 aromatic carbocycles. The zero-order chi connectivity index (χ0) is 37.1. The molecule has 2 aromatic rings. The van der Waals surface area contributed by atoms with Gasteiger partial charge in [0.1, 0.15) is 6.54 Å². The van der Waals surface area contributed by atoms with Gasteiger partial charge in [0.25, 0.3) is 0 Å². The Morgan fingerprint density at radius 2 is 1.06 bits per heavy atom. The van der Waals surface area contributed by atoms with Gasteiger partial charge in [0.15, 0.2) is 30.8 Å². The van der Waals surface area contributed by atoms with Crippen LogP contribution in [0.3, 0.4) is 0 Å². The lowest BCUT2D eigenvalue weighted by Crippen LogP contribution is -2.61. The van der Waals surface area contributed by atoms with Crippen molar-refractivity contribution >= 4 is 47.8 Å². The van der Waals surface area contributed by atoms with Crippen LogP contribution >= 0.6 is 47.8 Å². The van der Waals surface area contributed by atoms with Crippen LogP contribution in [-0.4, -0.2) is 77.8 Å². The minimum absolute atomic E-state index is 0.355. The molecule has 0 spiro atoms. The third-order valence-corrected chi connectivity index (χ3v) is 11.4. The first-order valence-corrected chi connectivity index (χ1v) is 23.7. The topological polar surface area (TPSA) is 7.76 Å². The van der Waals surface area contributed by atoms with Gasteiger partial charge in [-0.25, -0.2) is 9.13 Å². The Kier molecular flexibility index (Phi) is 30.3. The zero-order valence-electron chi connectivity index (χ0n) is 33.6. The molecule has 0 N–H and O–H groups in total. The van der Waals surface area contributed by atoms with Crippen LogP contribution in [0.15, 0.2) is 49.1 Å². The molecule has 0 bridgehead atoms. The number of unbranched alkanes of at least 4 members (excludes halogenated alkanes) is 2. The van der Waals surface area contributed by atoms with E-state index in [0.29, 0.717) is 11.6 Å². The van der Waals surface area contributed by atoms with E-state index < -0.39 is 0 Å². The third-order valence-electron chi connectivity index (χ3n) is 11.4. The number of hydrogen-bond acceptors (Lipinski definition) is 0. The predicted molar refractivity (Wildman–Crippen MR) is 225 cm³/mol. The average molecular weight is 868 g/mol. The molecule has 280 valence electrons. The van der Waals surface area contributed by atoms with E-state index in [-0.39, 0.29) is 0 Å². The summed E-state index contributed by atoms with van der Waals surface area (Å²) in [6.45, 7) is 31.4. The lowest BCUT2D eigenvalue weighted by Gasteiger charge is -2.49. The maximum Gasteiger partial charge on any atom is 0.169 e. The molecule has 0 radical (unpaired) electrons. The van der Waals surface area contributed by atoms with E-state index in [1.54, 1.807) is 0 Å². The number of rotatable bonds is 22. The summed E-state index contributed by atoms with van der Waals surface area (Å²) < 4.78 is 7.29. The smallest absolute Gasteiger partial charge is 0.169 e. The number of nitrogens with zero attached hydrogens (tertiary/aromatic N) is 4. The van der Waals surface area contributed by atoms with E-state index >= 15 is 0 Å². The molecule has 48 heavy (non-hydrogen) atoms. The molecule has 2 rings (SSSR count). The van der Waals surface area contributed by atoms with Crippen molar-refractivity contribution in [3.8, 4) is 0 Å². The van der Waals surface area contributed by atoms with Crippen molar-refractivity contribution in [3.05, 3.63) is 60.2 Å². The largest absolute Gasteiger partial charge is 0.324 e. The summed E-state index contributed by atoms with van der Waals surface area (Å²) in [7, 11) is 0. The Morgan fingerprint density at radius 3 is 1.50 bits per heavy atom. The second-order valence-electron chi connectivity index (χ2n) is 13.7. The van der Waals surface area contributed by atoms with Crippen molar-refractivity contribution in [3.63, 3.8) is 0 Å². The summed E-state index contributed by atoms with van der Waals surface area (Å²) in [5, 5.41) is 0. The van der Waals surface area contributed by atoms with Gasteiger partial charge in [0.05, 0.1) is 51.4 Å². The van der Waals surface area contributed by atoms with Crippen LogP contribution in [0.1, 0.15) is 124 Å². The lowest BCUT2D eigenvalue weighted by atomic mass is 9.91. The van der Waals surface area contributed by atoms with Crippen LogP contribution in [0.2, 0.25) is 0 Å². The fraction of sp³-hybridized carbons (Fsp3) is 0.756. The Labute approximate surface area is 325 Å². The van der Waals surface area contributed by atoms with E-state index in [1.807, 2.05) is 17.5 Å². The number of halogens is 3. The summed E-state index contributed by atoms with van der Waals surface area (Å²) in [6, 6.07) is 9.93. The van der Waals surface area contributed by atoms with Crippen LogP contribution in [0, 0.1) is 0 Å². The number of alkyl halides is 3. The van der Waals surface area contributed by atoms with Crippen molar-refractivity contribution in [2.45, 2.75) is 138 Å². The number of aromatic nitrogens is 2. The average Bonchev–Trinajstić information content (AvgIpc) is 3.14. The summed E-state index contributed by atoms with van der Waals surface area (Å²) in [6.07, 6.45) is 20.5. The maximum absolute atomic E-state index is 2.94. The molecule has 1 unspecified atom stereocenters. The predicted octanol–water partition coefficient (Wildman–Crippen LogP) is 10.9. The monoisotopic (exact) mass is 864 g/mol. The minimum Gasteiger partial charge on any atom is -0.324 e. The normalized spacial score (nSPS) is 12.1. The molecule has 7 heteroatoms. The van der Waals surface area contributed by atoms with E-state index in [4.69, 9.17) is 0 Å². The Hall–Kier alpha value is -0.340. The molecule has 0 aliphatic carbocycles. The second-order valence-corrected chi connectivity index (χ2v) is 13.7. The highest BCUT2D eigenvalue weighted by atomic mass is 79.9. The van der Waals surface area contributed by atoms with E-state index in [9.17, 15) is 0 Å². The summed E-state index contributed by atoms with van der Waals surface area (Å²) in [5.41, 5.74) is 3.27. The fourth-order valence-electron chi connectivity index (χ4n) is 7.46. The standard InChI is InChI=1S/C38H70N4.3CH3Br/c1-10-41(11-2,12-3)34-19-16-21-35(7)40-32-26-37(27-33-40)23-20-22-36-24-30-39(31-25-36)29-18-17-28-38(8,9)42(13-4,14-5)15-6;3*1-2/h24-27,30-33,35H,10-23,28-29,34H2,1-9H3;3*1H3/q+4;;;. The third kappa shape index (κ3) is 17.2. The molecule has 0 aliphatic heterocycles. The Balaban J connectivity index is 0. The summed E-state index contributed by atoms with van der Waals surface area (Å²) >= 11 is 8.81. The maximum atomic E-state index is 2.94. The van der Waals surface area contributed by atoms with E-state index in [1.165, 1.54) is 111 Å². The molecule has 2 heterocycles. The molecule has 4 nitrogen and oxygen atoms in total. The molecule has 0 saturated heterocycles. The lowest BCUT2D eigenvalue weighted by molar-refractivity contribution is -0.968. The van der Waals surface area contributed by atoms with Gasteiger partial charge in [0.2, 0.25) is 0 Å². The molecular formula is C41H79Br3N4+4. The SMILES string of the molecule is CBr.CBr.CBr.CC[N+](CC)(CC)CCCCC(C)[n+]1ccc(CCCc2cc[n+](CCCCC(C)(C)[N+](CC)(CC)CC)cc2)cc1. The van der Waals surface area contributed by atoms with Crippen LogP contribution in [0.4, 0.5) is 0 Å². The highest BCUT2D eigenvalue weighted by Crippen LogP contribution is 2.29. The zero-order valence-corrected chi connectivity index (χ0v) is 38.4. The van der Waals surface area contributed by atoms with Crippen molar-refractivity contribution < 1.29 is 18.1 Å². The van der Waals surface area contributed by atoms with Crippen molar-refractivity contribution in [1.29, 1.82) is 0 Å². The number of quaternary nitrogens is 2. The highest BCUT2D eigenvalue weighted by molar-refractivity contribution is 9.09. The molecule has 0 saturated carbocycles. The first kappa shape index (κ1) is 49.8. The number of pyridine rings is 2. The van der Waals surface area contributed by atoms with Gasteiger partial charge in [0, 0.05) is 43.5 Å². The molecule has 0 amide bonds. The van der Waals surface area contributed by atoms with Crippen LogP contribution in [0.5, 0.6) is 0 Å². The molecule has 1 atom stereocenters. The van der Waals surface area contributed by atoms with Crippen molar-refractivity contribution in [2.24, 2.45) is 0 Å². The number of aryl methyl sites for hydroxylation is 3. The molecule has 2 aromatic heterocycles. The highest BCUT2D eigenvalue weighted by Gasteiger charge is 2.39. The van der Waals surface area contributed by atoms with Gasteiger partial charge in [-0.05, 0) is 129 Å². The Morgan fingerprint density at radius 1 is 0.604 bits per heavy atom. The van der Waals surface area contributed by atoms with E-state index in [0.717, 1.165) is 19.4 Å². The van der Waals surface area contributed by atoms with Crippen molar-refractivity contribution in [2.75, 3.05) is 63.3 Å². The van der Waals surface area contributed by atoms with Crippen LogP contribution < -0.4 is 9.13 Å². The molecule has 0 aliphatic rings. The van der Waals surface area contributed by atoms with Crippen LogP contribution in [0.25, 0.3) is 0 Å². The van der Waals surface area contributed by atoms with Gasteiger partial charge >= 0.3 is 0 Å². The van der Waals surface area contributed by atoms with Gasteiger partial charge in [-0.2, -0.15) is 0 Å². The second kappa shape index (κ2) is 29.3. The quantitative estimate of drug-likeness (QED) is 0.0482. The van der Waals surface area contributed by atoms with Gasteiger partial charge < -0.3 is 8.97 Å².